The number of nitro benzene ring substituents is 1. The first-order valence-corrected chi connectivity index (χ1v) is 8.44. The van der Waals surface area contributed by atoms with Crippen molar-refractivity contribution in [3.05, 3.63) is 64.2 Å². The number of nitrogens with one attached hydrogen (secondary N) is 1. The summed E-state index contributed by atoms with van der Waals surface area (Å²) < 4.78 is 0. The molecule has 0 atom stereocenters. The zero-order chi connectivity index (χ0) is 17.8. The molecule has 1 saturated heterocycles. The van der Waals surface area contributed by atoms with E-state index >= 15 is 0 Å². The maximum absolute atomic E-state index is 12.5. The van der Waals surface area contributed by atoms with E-state index in [0.717, 1.165) is 43.2 Å². The molecule has 0 saturated carbocycles. The number of carbonyl (C=O) groups is 1. The molecule has 6 heteroatoms. The van der Waals surface area contributed by atoms with E-state index in [-0.39, 0.29) is 11.6 Å². The molecule has 0 spiro atoms. The highest BCUT2D eigenvalue weighted by molar-refractivity contribution is 6.06. The topological polar surface area (TPSA) is 75.5 Å². The summed E-state index contributed by atoms with van der Waals surface area (Å²) >= 11 is 0. The number of piperidine rings is 1. The highest BCUT2D eigenvalue weighted by Gasteiger charge is 2.19. The first kappa shape index (κ1) is 17.0. The van der Waals surface area contributed by atoms with Crippen LogP contribution >= 0.6 is 0 Å². The van der Waals surface area contributed by atoms with Crippen molar-refractivity contribution in [3.8, 4) is 0 Å². The van der Waals surface area contributed by atoms with Gasteiger partial charge in [0.05, 0.1) is 16.3 Å². The van der Waals surface area contributed by atoms with Crippen LogP contribution in [0.25, 0.3) is 0 Å². The summed E-state index contributed by atoms with van der Waals surface area (Å²) in [6.45, 7) is 4.22. The van der Waals surface area contributed by atoms with Gasteiger partial charge in [0.25, 0.3) is 11.6 Å². The van der Waals surface area contributed by atoms with Crippen LogP contribution in [0.2, 0.25) is 0 Å². The number of non-ortho nitro benzene ring substituents is 1. The minimum Gasteiger partial charge on any atom is -0.370 e. The van der Waals surface area contributed by atoms with Gasteiger partial charge in [-0.15, -0.1) is 0 Å². The fourth-order valence-corrected chi connectivity index (χ4v) is 3.03. The second-order valence-corrected chi connectivity index (χ2v) is 6.44. The number of nitro groups is 1. The van der Waals surface area contributed by atoms with Gasteiger partial charge >= 0.3 is 0 Å². The SMILES string of the molecule is CC1CCN(c2ccccc2NC(=O)c2ccc([N+](=O)[O-])cc2)CC1. The summed E-state index contributed by atoms with van der Waals surface area (Å²) in [5.74, 6) is 0.464. The molecule has 1 aliphatic rings. The highest BCUT2D eigenvalue weighted by atomic mass is 16.6. The summed E-state index contributed by atoms with van der Waals surface area (Å²) in [5.41, 5.74) is 2.15. The van der Waals surface area contributed by atoms with Crippen LogP contribution in [0.3, 0.4) is 0 Å². The zero-order valence-electron chi connectivity index (χ0n) is 14.1. The first-order chi connectivity index (χ1) is 12.0. The molecule has 0 unspecified atom stereocenters. The fraction of sp³-hybridized carbons (Fsp3) is 0.316. The summed E-state index contributed by atoms with van der Waals surface area (Å²) in [6, 6.07) is 13.4. The van der Waals surface area contributed by atoms with Gasteiger partial charge in [0.2, 0.25) is 0 Å². The molecular formula is C19H21N3O3. The van der Waals surface area contributed by atoms with E-state index in [1.807, 2.05) is 24.3 Å². The van der Waals surface area contributed by atoms with E-state index in [4.69, 9.17) is 0 Å². The average Bonchev–Trinajstić information content (AvgIpc) is 2.63. The summed E-state index contributed by atoms with van der Waals surface area (Å²) in [7, 11) is 0. The number of nitrogens with zero attached hydrogens (tertiary/aromatic N) is 2. The molecule has 1 heterocycles. The van der Waals surface area contributed by atoms with E-state index in [1.165, 1.54) is 24.3 Å². The van der Waals surface area contributed by atoms with Gasteiger partial charge in [0.1, 0.15) is 0 Å². The maximum Gasteiger partial charge on any atom is 0.269 e. The number of benzene rings is 2. The van der Waals surface area contributed by atoms with Crippen LogP contribution in [0, 0.1) is 16.0 Å². The van der Waals surface area contributed by atoms with Gasteiger partial charge in [-0.05, 0) is 43.0 Å². The zero-order valence-corrected chi connectivity index (χ0v) is 14.1. The molecule has 1 N–H and O–H groups in total. The molecule has 0 aliphatic carbocycles. The Morgan fingerprint density at radius 3 is 2.40 bits per heavy atom. The van der Waals surface area contributed by atoms with Crippen molar-refractivity contribution in [2.24, 2.45) is 5.92 Å². The van der Waals surface area contributed by atoms with Gasteiger partial charge in [0, 0.05) is 30.8 Å². The smallest absolute Gasteiger partial charge is 0.269 e. The third kappa shape index (κ3) is 3.96. The predicted molar refractivity (Wildman–Crippen MR) is 98.1 cm³/mol. The molecule has 0 aromatic heterocycles. The molecule has 1 aliphatic heterocycles. The first-order valence-electron chi connectivity index (χ1n) is 8.44. The van der Waals surface area contributed by atoms with Gasteiger partial charge in [-0.3, -0.25) is 14.9 Å². The maximum atomic E-state index is 12.5. The Labute approximate surface area is 146 Å². The minimum absolute atomic E-state index is 0.0283. The van der Waals surface area contributed by atoms with Crippen LogP contribution in [-0.4, -0.2) is 23.9 Å². The van der Waals surface area contributed by atoms with Crippen LogP contribution in [0.4, 0.5) is 17.1 Å². The number of anilines is 2. The van der Waals surface area contributed by atoms with Crippen molar-refractivity contribution in [1.82, 2.24) is 0 Å². The standard InChI is InChI=1S/C19H21N3O3/c1-14-10-12-21(13-11-14)18-5-3-2-4-17(18)20-19(23)15-6-8-16(9-7-15)22(24)25/h2-9,14H,10-13H2,1H3,(H,20,23). The largest absolute Gasteiger partial charge is 0.370 e. The van der Waals surface area contributed by atoms with E-state index < -0.39 is 4.92 Å². The highest BCUT2D eigenvalue weighted by Crippen LogP contribution is 2.30. The average molecular weight is 339 g/mol. The lowest BCUT2D eigenvalue weighted by Crippen LogP contribution is -2.33. The molecule has 1 fully saturated rings. The predicted octanol–water partition coefficient (Wildman–Crippen LogP) is 4.08. The number of hydrogen-bond donors (Lipinski definition) is 1. The molecule has 0 bridgehead atoms. The minimum atomic E-state index is -0.478. The van der Waals surface area contributed by atoms with E-state index in [9.17, 15) is 14.9 Å². The molecule has 2 aromatic rings. The van der Waals surface area contributed by atoms with E-state index in [0.29, 0.717) is 5.56 Å². The fourth-order valence-electron chi connectivity index (χ4n) is 3.03. The monoisotopic (exact) mass is 339 g/mol. The third-order valence-electron chi connectivity index (χ3n) is 4.62. The number of para-hydroxylation sites is 2. The Morgan fingerprint density at radius 1 is 1.12 bits per heavy atom. The second kappa shape index (κ2) is 7.34. The number of rotatable bonds is 4. The van der Waals surface area contributed by atoms with Gasteiger partial charge in [-0.2, -0.15) is 0 Å². The Hall–Kier alpha value is -2.89. The van der Waals surface area contributed by atoms with Gasteiger partial charge in [-0.25, -0.2) is 0 Å². The molecule has 0 radical (unpaired) electrons. The van der Waals surface area contributed by atoms with E-state index in [1.54, 1.807) is 0 Å². The molecule has 130 valence electrons. The Balaban J connectivity index is 1.76. The lowest BCUT2D eigenvalue weighted by molar-refractivity contribution is -0.384. The van der Waals surface area contributed by atoms with Crippen LogP contribution in [0.15, 0.2) is 48.5 Å². The lowest BCUT2D eigenvalue weighted by Gasteiger charge is -2.33. The van der Waals surface area contributed by atoms with Crippen LogP contribution in [-0.2, 0) is 0 Å². The quantitative estimate of drug-likeness (QED) is 0.672. The Morgan fingerprint density at radius 2 is 1.76 bits per heavy atom. The van der Waals surface area contributed by atoms with Gasteiger partial charge in [-0.1, -0.05) is 19.1 Å². The van der Waals surface area contributed by atoms with Crippen LogP contribution < -0.4 is 10.2 Å². The molecule has 25 heavy (non-hydrogen) atoms. The van der Waals surface area contributed by atoms with Crippen molar-refractivity contribution >= 4 is 23.0 Å². The Kier molecular flexibility index (Phi) is 4.97. The van der Waals surface area contributed by atoms with Gasteiger partial charge in [0.15, 0.2) is 0 Å². The molecule has 6 nitrogen and oxygen atoms in total. The summed E-state index contributed by atoms with van der Waals surface area (Å²) in [6.07, 6.45) is 2.29. The third-order valence-corrected chi connectivity index (χ3v) is 4.62. The van der Waals surface area contributed by atoms with Gasteiger partial charge < -0.3 is 10.2 Å². The van der Waals surface area contributed by atoms with Crippen molar-refractivity contribution in [2.75, 3.05) is 23.3 Å². The van der Waals surface area contributed by atoms with Crippen molar-refractivity contribution in [2.45, 2.75) is 19.8 Å². The molecule has 1 amide bonds. The van der Waals surface area contributed by atoms with Crippen molar-refractivity contribution < 1.29 is 9.72 Å². The van der Waals surface area contributed by atoms with Crippen molar-refractivity contribution in [3.63, 3.8) is 0 Å². The van der Waals surface area contributed by atoms with Crippen LogP contribution in [0.1, 0.15) is 30.1 Å². The molecular weight excluding hydrogens is 318 g/mol. The Bertz CT molecular complexity index is 766. The normalized spacial score (nSPS) is 15.0. The van der Waals surface area contributed by atoms with E-state index in [2.05, 4.69) is 17.1 Å². The lowest BCUT2D eigenvalue weighted by atomic mass is 9.98. The number of amides is 1. The molecule has 2 aromatic carbocycles. The number of carbonyl (C=O) groups excluding carboxylic acids is 1. The summed E-state index contributed by atoms with van der Waals surface area (Å²) in [4.78, 5) is 25.0. The second-order valence-electron chi connectivity index (χ2n) is 6.44. The van der Waals surface area contributed by atoms with Crippen molar-refractivity contribution in [1.29, 1.82) is 0 Å². The summed E-state index contributed by atoms with van der Waals surface area (Å²) in [5, 5.41) is 13.6. The number of hydrogen-bond acceptors (Lipinski definition) is 4. The molecule has 3 rings (SSSR count). The van der Waals surface area contributed by atoms with Crippen LogP contribution in [0.5, 0.6) is 0 Å².